The Balaban J connectivity index is 1.25. The van der Waals surface area contributed by atoms with Gasteiger partial charge in [-0.05, 0) is 24.3 Å². The molecule has 1 aromatic heterocycles. The highest BCUT2D eigenvalue weighted by Crippen LogP contribution is 2.27. The summed E-state index contributed by atoms with van der Waals surface area (Å²) in [5.41, 5.74) is 0.891. The number of hydrogen-bond acceptors (Lipinski definition) is 7. The van der Waals surface area contributed by atoms with Crippen LogP contribution in [-0.4, -0.2) is 79.9 Å². The molecule has 2 aliphatic heterocycles. The molecule has 0 spiro atoms. The molecule has 2 aliphatic rings. The molecule has 11 heteroatoms. The van der Waals surface area contributed by atoms with Crippen molar-refractivity contribution >= 4 is 17.5 Å². The fraction of sp³-hybridized carbons (Fsp3) is 0.500. The van der Waals surface area contributed by atoms with Crippen LogP contribution in [-0.2, 0) is 4.79 Å². The van der Waals surface area contributed by atoms with E-state index in [2.05, 4.69) is 14.9 Å². The Kier molecular flexibility index (Phi) is 6.48. The van der Waals surface area contributed by atoms with Gasteiger partial charge in [0.1, 0.15) is 17.6 Å². The third-order valence-electron chi connectivity index (χ3n) is 5.62. The number of nitrogens with zero attached hydrogens (tertiary/aromatic N) is 5. The van der Waals surface area contributed by atoms with E-state index in [0.717, 1.165) is 18.7 Å². The van der Waals surface area contributed by atoms with E-state index in [4.69, 9.17) is 9.47 Å². The first-order valence-corrected chi connectivity index (χ1v) is 10.7. The van der Waals surface area contributed by atoms with Crippen LogP contribution in [0, 0.1) is 5.92 Å². The Bertz CT molecular complexity index is 947. The third kappa shape index (κ3) is 5.77. The van der Waals surface area contributed by atoms with Crippen molar-refractivity contribution in [2.45, 2.75) is 18.7 Å². The van der Waals surface area contributed by atoms with Crippen molar-refractivity contribution in [1.82, 2.24) is 14.9 Å². The molecule has 3 heterocycles. The summed E-state index contributed by atoms with van der Waals surface area (Å²) >= 11 is 0. The zero-order valence-corrected chi connectivity index (χ0v) is 18.5. The molecule has 0 radical (unpaired) electrons. The Hall–Kier alpha value is -3.24. The number of halogens is 3. The van der Waals surface area contributed by atoms with Crippen molar-refractivity contribution in [1.29, 1.82) is 0 Å². The molecular weight excluding hydrogens is 439 g/mol. The van der Waals surface area contributed by atoms with Crippen LogP contribution in [0.2, 0.25) is 0 Å². The first kappa shape index (κ1) is 22.9. The van der Waals surface area contributed by atoms with E-state index in [1.54, 1.807) is 43.5 Å². The summed E-state index contributed by atoms with van der Waals surface area (Å²) in [5, 5.41) is 0. The predicted octanol–water partition coefficient (Wildman–Crippen LogP) is 2.60. The monoisotopic (exact) mass is 465 g/mol. The lowest BCUT2D eigenvalue weighted by atomic mass is 9.99. The van der Waals surface area contributed by atoms with Gasteiger partial charge in [-0.25, -0.2) is 9.97 Å². The lowest BCUT2D eigenvalue weighted by Crippen LogP contribution is -2.54. The summed E-state index contributed by atoms with van der Waals surface area (Å²) < 4.78 is 47.4. The number of amides is 1. The smallest absolute Gasteiger partial charge is 0.422 e. The van der Waals surface area contributed by atoms with Crippen LogP contribution < -0.4 is 19.3 Å². The highest BCUT2D eigenvalue weighted by atomic mass is 19.4. The van der Waals surface area contributed by atoms with Crippen molar-refractivity contribution in [3.8, 4) is 11.5 Å². The van der Waals surface area contributed by atoms with Crippen molar-refractivity contribution < 1.29 is 27.4 Å². The number of alkyl halides is 3. The lowest BCUT2D eigenvalue weighted by molar-refractivity contribution is -0.153. The van der Waals surface area contributed by atoms with Gasteiger partial charge < -0.3 is 24.2 Å². The van der Waals surface area contributed by atoms with Gasteiger partial charge in [-0.3, -0.25) is 4.79 Å². The van der Waals surface area contributed by atoms with Gasteiger partial charge in [0.2, 0.25) is 11.9 Å². The Labute approximate surface area is 189 Å². The number of carbonyl (C=O) groups excluding carboxylic acids is 1. The molecule has 0 N–H and O–H groups in total. The summed E-state index contributed by atoms with van der Waals surface area (Å²) in [6.07, 6.45) is -0.0707. The second kappa shape index (κ2) is 9.32. The number of rotatable bonds is 7. The molecule has 178 valence electrons. The van der Waals surface area contributed by atoms with E-state index >= 15 is 0 Å². The average Bonchev–Trinajstić information content (AvgIpc) is 3.20. The number of ether oxygens (including phenoxy) is 2. The molecule has 0 aliphatic carbocycles. The van der Waals surface area contributed by atoms with Gasteiger partial charge in [0.25, 0.3) is 0 Å². The molecule has 0 bridgehead atoms. The van der Waals surface area contributed by atoms with Gasteiger partial charge in [0, 0.05) is 40.2 Å². The SMILES string of the molecule is CN(C)C(=O)C1CN(c2ncc(N3CC[C@@H](Oc4ccc(OCC(F)(F)F)cc4)C3)cn2)C1. The molecular formula is C22H26F3N5O3. The van der Waals surface area contributed by atoms with E-state index < -0.39 is 12.8 Å². The second-order valence-electron chi connectivity index (χ2n) is 8.43. The summed E-state index contributed by atoms with van der Waals surface area (Å²) in [5.74, 6) is 1.44. The number of aromatic nitrogens is 2. The van der Waals surface area contributed by atoms with Crippen molar-refractivity contribution in [3.63, 3.8) is 0 Å². The molecule has 4 rings (SSSR count). The Morgan fingerprint density at radius 2 is 1.70 bits per heavy atom. The highest BCUT2D eigenvalue weighted by Gasteiger charge is 2.35. The van der Waals surface area contributed by atoms with E-state index in [1.165, 1.54) is 12.1 Å². The summed E-state index contributed by atoms with van der Waals surface area (Å²) in [6, 6.07) is 6.14. The molecule has 2 saturated heterocycles. The van der Waals surface area contributed by atoms with Crippen molar-refractivity contribution in [3.05, 3.63) is 36.7 Å². The Morgan fingerprint density at radius 3 is 2.30 bits per heavy atom. The third-order valence-corrected chi connectivity index (χ3v) is 5.62. The summed E-state index contributed by atoms with van der Waals surface area (Å²) in [6.45, 7) is 1.35. The maximum atomic E-state index is 12.2. The molecule has 1 aromatic carbocycles. The van der Waals surface area contributed by atoms with Gasteiger partial charge in [-0.1, -0.05) is 0 Å². The van der Waals surface area contributed by atoms with Crippen LogP contribution in [0.15, 0.2) is 36.7 Å². The zero-order valence-electron chi connectivity index (χ0n) is 18.5. The highest BCUT2D eigenvalue weighted by molar-refractivity contribution is 5.81. The fourth-order valence-corrected chi connectivity index (χ4v) is 3.84. The van der Waals surface area contributed by atoms with Crippen LogP contribution >= 0.6 is 0 Å². The number of hydrogen-bond donors (Lipinski definition) is 0. The zero-order chi connectivity index (χ0) is 23.6. The van der Waals surface area contributed by atoms with Gasteiger partial charge in [0.15, 0.2) is 6.61 Å². The van der Waals surface area contributed by atoms with E-state index in [0.29, 0.717) is 31.3 Å². The number of carbonyl (C=O) groups is 1. The first-order chi connectivity index (χ1) is 15.7. The molecule has 1 amide bonds. The van der Waals surface area contributed by atoms with E-state index in [9.17, 15) is 18.0 Å². The van der Waals surface area contributed by atoms with Crippen LogP contribution in [0.1, 0.15) is 6.42 Å². The minimum absolute atomic E-state index is 0.00923. The molecule has 8 nitrogen and oxygen atoms in total. The quantitative estimate of drug-likeness (QED) is 0.623. The first-order valence-electron chi connectivity index (χ1n) is 10.7. The van der Waals surface area contributed by atoms with E-state index in [1.807, 2.05) is 4.90 Å². The van der Waals surface area contributed by atoms with Crippen LogP contribution in [0.25, 0.3) is 0 Å². The molecule has 0 unspecified atom stereocenters. The minimum atomic E-state index is -4.37. The normalized spacial score (nSPS) is 18.8. The van der Waals surface area contributed by atoms with Crippen molar-refractivity contribution in [2.24, 2.45) is 5.92 Å². The molecule has 33 heavy (non-hydrogen) atoms. The fourth-order valence-electron chi connectivity index (χ4n) is 3.84. The predicted molar refractivity (Wildman–Crippen MR) is 116 cm³/mol. The topological polar surface area (TPSA) is 71.0 Å². The average molecular weight is 465 g/mol. The van der Waals surface area contributed by atoms with Crippen LogP contribution in [0.5, 0.6) is 11.5 Å². The van der Waals surface area contributed by atoms with Gasteiger partial charge in [0.05, 0.1) is 30.5 Å². The maximum absolute atomic E-state index is 12.2. The Morgan fingerprint density at radius 1 is 1.06 bits per heavy atom. The number of benzene rings is 1. The standard InChI is InChI=1S/C22H26F3N5O3/c1-28(2)20(31)15-11-30(12-15)21-26-9-16(10-27-21)29-8-7-19(13-29)33-18-5-3-17(4-6-18)32-14-22(23,24)25/h3-6,9-10,15,19H,7-8,11-14H2,1-2H3/t19-/m1/s1. The van der Waals surface area contributed by atoms with Crippen molar-refractivity contribution in [2.75, 3.05) is 56.7 Å². The van der Waals surface area contributed by atoms with Crippen LogP contribution in [0.4, 0.5) is 24.8 Å². The molecule has 1 atom stereocenters. The van der Waals surface area contributed by atoms with Gasteiger partial charge in [-0.15, -0.1) is 0 Å². The number of anilines is 2. The van der Waals surface area contributed by atoms with E-state index in [-0.39, 0.29) is 23.7 Å². The molecule has 0 saturated carbocycles. The van der Waals surface area contributed by atoms with Crippen LogP contribution in [0.3, 0.4) is 0 Å². The van der Waals surface area contributed by atoms with Gasteiger partial charge in [-0.2, -0.15) is 13.2 Å². The second-order valence-corrected chi connectivity index (χ2v) is 8.43. The minimum Gasteiger partial charge on any atom is -0.489 e. The maximum Gasteiger partial charge on any atom is 0.422 e. The summed E-state index contributed by atoms with van der Waals surface area (Å²) in [4.78, 5) is 26.6. The lowest BCUT2D eigenvalue weighted by Gasteiger charge is -2.39. The summed E-state index contributed by atoms with van der Waals surface area (Å²) in [7, 11) is 3.51. The molecule has 2 aromatic rings. The largest absolute Gasteiger partial charge is 0.489 e. The molecule has 2 fully saturated rings. The van der Waals surface area contributed by atoms with Gasteiger partial charge >= 0.3 is 6.18 Å².